The highest BCUT2D eigenvalue weighted by atomic mass is 32.2. The summed E-state index contributed by atoms with van der Waals surface area (Å²) in [5.74, 6) is -22.1. The molecule has 0 aliphatic rings. The first-order chi connectivity index (χ1) is 14.0. The van der Waals surface area contributed by atoms with Gasteiger partial charge in [-0.25, -0.2) is 43.9 Å². The summed E-state index contributed by atoms with van der Waals surface area (Å²) < 4.78 is 237. The fourth-order valence-corrected chi connectivity index (χ4v) is 2.45. The lowest BCUT2D eigenvalue weighted by atomic mass is 9.93. The minimum absolute atomic E-state index is 4.21. The van der Waals surface area contributed by atoms with Crippen molar-refractivity contribution in [1.29, 1.82) is 0 Å². The highest BCUT2D eigenvalue weighted by Gasteiger charge is 2.80. The molecule has 0 saturated heterocycles. The van der Waals surface area contributed by atoms with Crippen LogP contribution in [0.2, 0.25) is 0 Å². The second kappa shape index (κ2) is 9.96. The van der Waals surface area contributed by atoms with Gasteiger partial charge in [-0.2, -0.15) is 34.8 Å². The van der Waals surface area contributed by atoms with E-state index < -0.39 is 83.0 Å². The Labute approximate surface area is 167 Å². The van der Waals surface area contributed by atoms with E-state index in [2.05, 4.69) is 0 Å². The molecule has 0 radical (unpaired) electrons. The van der Waals surface area contributed by atoms with Gasteiger partial charge in [0, 0.05) is 0 Å². The number of hydrogen-bond acceptors (Lipinski definition) is 2. The average Bonchev–Trinajstić information content (AvgIpc) is 2.67. The quantitative estimate of drug-likeness (QED) is 0.290. The molecule has 8 atom stereocenters. The summed E-state index contributed by atoms with van der Waals surface area (Å²) in [4.78, 5) is 0. The van der Waals surface area contributed by atoms with Crippen molar-refractivity contribution in [3.05, 3.63) is 0 Å². The van der Waals surface area contributed by atoms with Crippen molar-refractivity contribution >= 4 is 10.1 Å². The molecule has 0 heterocycles. The molecule has 0 amide bonds. The lowest BCUT2D eigenvalue weighted by molar-refractivity contribution is -0.337. The first-order valence-corrected chi connectivity index (χ1v) is 8.98. The van der Waals surface area contributed by atoms with Crippen molar-refractivity contribution in [2.75, 3.05) is 0 Å². The Balaban J connectivity index is 5.88. The van der Waals surface area contributed by atoms with E-state index in [1.165, 1.54) is 0 Å². The van der Waals surface area contributed by atoms with Crippen LogP contribution in [0.1, 0.15) is 0 Å². The number of halogens is 16. The van der Waals surface area contributed by atoms with Gasteiger partial charge in [-0.05, 0) is 0 Å². The summed E-state index contributed by atoms with van der Waals surface area (Å²) in [6.07, 6.45) is -37.6. The Morgan fingerprint density at radius 3 is 1.16 bits per heavy atom. The van der Waals surface area contributed by atoms with Crippen molar-refractivity contribution in [3.63, 3.8) is 0 Å². The lowest BCUT2D eigenvalue weighted by Crippen LogP contribution is -2.65. The maximum Gasteiger partial charge on any atom is 0.379 e. The van der Waals surface area contributed by atoms with Gasteiger partial charge >= 0.3 is 27.9 Å². The Hall–Kier alpha value is -1.21. The molecule has 0 aliphatic carbocycles. The molecule has 0 aromatic carbocycles. The maximum absolute atomic E-state index is 13.4. The van der Waals surface area contributed by atoms with Crippen LogP contribution in [-0.2, 0) is 10.1 Å². The number of hydrogen-bond donors (Lipinski definition) is 1. The molecule has 32 heavy (non-hydrogen) atoms. The molecule has 8 unspecified atom stereocenters. The van der Waals surface area contributed by atoms with E-state index in [4.69, 9.17) is 4.55 Å². The minimum atomic E-state index is -7.60. The predicted octanol–water partition coefficient (Wildman–Crippen LogP) is 4.71. The van der Waals surface area contributed by atoms with E-state index in [1.54, 1.807) is 0 Å². The van der Waals surface area contributed by atoms with Gasteiger partial charge in [0.15, 0.2) is 37.0 Å². The average molecular weight is 538 g/mol. The number of rotatable bonds is 12. The molecule has 0 spiro atoms. The molecule has 3 nitrogen and oxygen atoms in total. The van der Waals surface area contributed by atoms with E-state index in [0.717, 1.165) is 0 Å². The molecule has 0 bridgehead atoms. The normalized spacial score (nSPS) is 22.1. The molecule has 0 aliphatic heterocycles. The standard InChI is InChI=1S/C12H10F16O3S/c13-1(2(14)4(16)6(18)8(20)21)3(15)5(17)7(19)10(23,24)12(27,28)11(25,26)9(22)32(29,30)31/h1-9H,(H,29,30,31). The van der Waals surface area contributed by atoms with Crippen molar-refractivity contribution in [2.45, 2.75) is 72.9 Å². The van der Waals surface area contributed by atoms with Crippen LogP contribution in [-0.4, -0.2) is 85.9 Å². The summed E-state index contributed by atoms with van der Waals surface area (Å²) in [6, 6.07) is 0. The molecular formula is C12H10F16O3S. The van der Waals surface area contributed by atoms with Crippen LogP contribution in [0.25, 0.3) is 0 Å². The molecule has 194 valence electrons. The second-order valence-corrected chi connectivity index (χ2v) is 7.50. The molecule has 0 saturated carbocycles. The van der Waals surface area contributed by atoms with Crippen molar-refractivity contribution in [2.24, 2.45) is 0 Å². The second-order valence-electron chi connectivity index (χ2n) is 6.05. The lowest BCUT2D eigenvalue weighted by Gasteiger charge is -2.36. The zero-order chi connectivity index (χ0) is 26.2. The number of alkyl halides is 16. The highest BCUT2D eigenvalue weighted by molar-refractivity contribution is 7.86. The highest BCUT2D eigenvalue weighted by Crippen LogP contribution is 2.52. The summed E-state index contributed by atoms with van der Waals surface area (Å²) in [5.41, 5.74) is -5.57. The van der Waals surface area contributed by atoms with Gasteiger partial charge < -0.3 is 0 Å². The van der Waals surface area contributed by atoms with E-state index in [-0.39, 0.29) is 0 Å². The van der Waals surface area contributed by atoms with Gasteiger partial charge in [0.1, 0.15) is 0 Å². The smallest absolute Gasteiger partial charge is 0.283 e. The van der Waals surface area contributed by atoms with Gasteiger partial charge in [-0.1, -0.05) is 0 Å². The van der Waals surface area contributed by atoms with Gasteiger partial charge in [0.2, 0.25) is 6.17 Å². The van der Waals surface area contributed by atoms with Crippen LogP contribution in [0, 0.1) is 0 Å². The van der Waals surface area contributed by atoms with Crippen LogP contribution < -0.4 is 0 Å². The Morgan fingerprint density at radius 1 is 0.531 bits per heavy atom. The SMILES string of the molecule is O=S(=O)(O)C(F)C(F)(F)C(F)(F)C(F)(F)C(F)C(F)C(F)C(F)C(F)C(F)C(F)C(F)F. The fourth-order valence-electron chi connectivity index (χ4n) is 1.93. The topological polar surface area (TPSA) is 54.4 Å². The van der Waals surface area contributed by atoms with Crippen LogP contribution in [0.5, 0.6) is 0 Å². The zero-order valence-electron chi connectivity index (χ0n) is 14.4. The maximum atomic E-state index is 13.4. The summed E-state index contributed by atoms with van der Waals surface area (Å²) in [5, 5.41) is 0. The Bertz CT molecular complexity index is 717. The van der Waals surface area contributed by atoms with Gasteiger partial charge in [0.25, 0.3) is 11.9 Å². The predicted molar refractivity (Wildman–Crippen MR) is 71.6 cm³/mol. The van der Waals surface area contributed by atoms with Crippen LogP contribution in [0.4, 0.5) is 70.2 Å². The minimum Gasteiger partial charge on any atom is -0.283 e. The molecule has 0 rings (SSSR count). The van der Waals surface area contributed by atoms with Gasteiger partial charge in [0.05, 0.1) is 0 Å². The monoisotopic (exact) mass is 538 g/mol. The van der Waals surface area contributed by atoms with Crippen LogP contribution >= 0.6 is 0 Å². The zero-order valence-corrected chi connectivity index (χ0v) is 15.2. The Kier molecular flexibility index (Phi) is 9.58. The van der Waals surface area contributed by atoms with E-state index >= 15 is 0 Å². The molecule has 0 fully saturated rings. The first kappa shape index (κ1) is 30.8. The molecule has 0 aromatic rings. The molecule has 0 aromatic heterocycles. The third-order valence-electron chi connectivity index (χ3n) is 3.77. The summed E-state index contributed by atoms with van der Waals surface area (Å²) in [7, 11) is -6.88. The van der Waals surface area contributed by atoms with Crippen molar-refractivity contribution in [3.8, 4) is 0 Å². The van der Waals surface area contributed by atoms with Crippen LogP contribution in [0.3, 0.4) is 0 Å². The third kappa shape index (κ3) is 5.64. The van der Waals surface area contributed by atoms with E-state index in [0.29, 0.717) is 0 Å². The summed E-state index contributed by atoms with van der Waals surface area (Å²) in [6.45, 7) is 0. The van der Waals surface area contributed by atoms with Crippen LogP contribution in [0.15, 0.2) is 0 Å². The summed E-state index contributed by atoms with van der Waals surface area (Å²) >= 11 is 0. The van der Waals surface area contributed by atoms with Gasteiger partial charge in [-0.3, -0.25) is 4.55 Å². The first-order valence-electron chi connectivity index (χ1n) is 7.48. The third-order valence-corrected chi connectivity index (χ3v) is 4.59. The largest absolute Gasteiger partial charge is 0.379 e. The van der Waals surface area contributed by atoms with Crippen molar-refractivity contribution in [1.82, 2.24) is 0 Å². The molecule has 1 N–H and O–H groups in total. The van der Waals surface area contributed by atoms with E-state index in [9.17, 15) is 78.7 Å². The van der Waals surface area contributed by atoms with Crippen molar-refractivity contribution < 1.29 is 83.2 Å². The fraction of sp³-hybridized carbons (Fsp3) is 1.00. The van der Waals surface area contributed by atoms with E-state index in [1.807, 2.05) is 0 Å². The molecular weight excluding hydrogens is 528 g/mol. The Morgan fingerprint density at radius 2 is 0.844 bits per heavy atom. The molecule has 20 heteroatoms. The van der Waals surface area contributed by atoms with Gasteiger partial charge in [-0.15, -0.1) is 0 Å².